The van der Waals surface area contributed by atoms with Crippen LogP contribution in [0.4, 0.5) is 0 Å². The van der Waals surface area contributed by atoms with E-state index in [4.69, 9.17) is 9.47 Å². The first kappa shape index (κ1) is 25.4. The highest BCUT2D eigenvalue weighted by molar-refractivity contribution is 7.89. The Balaban J connectivity index is 1.52. The number of rotatable bonds is 9. The molecule has 0 unspecified atom stereocenters. The highest BCUT2D eigenvalue weighted by atomic mass is 32.2. The molecule has 32 heavy (non-hydrogen) atoms. The number of likely N-dealkylation sites (tertiary alicyclic amines) is 1. The summed E-state index contributed by atoms with van der Waals surface area (Å²) in [5.41, 5.74) is -1.48. The molecule has 184 valence electrons. The molecule has 0 aromatic heterocycles. The van der Waals surface area contributed by atoms with E-state index in [-0.39, 0.29) is 31.7 Å². The minimum absolute atomic E-state index is 0.0632. The van der Waals surface area contributed by atoms with Gasteiger partial charge >= 0.3 is 0 Å². The number of carbonyl (C=O) groups excluding carboxylic acids is 2. The average Bonchev–Trinajstić information content (AvgIpc) is 3.17. The van der Waals surface area contributed by atoms with Gasteiger partial charge < -0.3 is 25.0 Å². The number of ether oxygens (including phenoxy) is 2. The lowest BCUT2D eigenvalue weighted by Gasteiger charge is -2.36. The van der Waals surface area contributed by atoms with Crippen LogP contribution in [-0.2, 0) is 29.1 Å². The van der Waals surface area contributed by atoms with E-state index in [2.05, 4.69) is 22.5 Å². The van der Waals surface area contributed by atoms with Crippen molar-refractivity contribution in [2.24, 2.45) is 5.92 Å². The Morgan fingerprint density at radius 3 is 2.69 bits per heavy atom. The Labute approximate surface area is 191 Å². The lowest BCUT2D eigenvalue weighted by molar-refractivity contribution is -0.163. The average molecular weight is 475 g/mol. The number of nitrogens with one attached hydrogen (secondary N) is 2. The van der Waals surface area contributed by atoms with E-state index in [1.165, 1.54) is 4.31 Å². The van der Waals surface area contributed by atoms with Crippen molar-refractivity contribution in [2.45, 2.75) is 57.0 Å². The fourth-order valence-electron chi connectivity index (χ4n) is 4.61. The first-order valence-electron chi connectivity index (χ1n) is 11.7. The van der Waals surface area contributed by atoms with Crippen molar-refractivity contribution >= 4 is 21.8 Å². The van der Waals surface area contributed by atoms with Crippen molar-refractivity contribution in [3.05, 3.63) is 0 Å². The van der Waals surface area contributed by atoms with Crippen molar-refractivity contribution in [2.75, 3.05) is 59.0 Å². The number of amides is 2. The number of hydrogen-bond donors (Lipinski definition) is 2. The quantitative estimate of drug-likeness (QED) is 0.435. The zero-order valence-corrected chi connectivity index (χ0v) is 20.3. The molecule has 3 fully saturated rings. The predicted molar refractivity (Wildman–Crippen MR) is 120 cm³/mol. The number of sulfonamides is 1. The van der Waals surface area contributed by atoms with Crippen LogP contribution in [0.5, 0.6) is 0 Å². The molecule has 3 saturated heterocycles. The standard InChI is InChI=1S/C21H38N4O6S/c1-4-24-10-6-17(7-11-24)30-12-5-8-22-19(26)18-14-25(32(28,29)16(2)3)15-21(18)20(27)23-9-13-31-21/h16-18H,4-15H2,1-3H3,(H,22,26)(H,23,27)/t18-,21-/m1/s1. The Kier molecular flexibility index (Phi) is 8.53. The number of carbonyl (C=O) groups is 2. The third-order valence-electron chi connectivity index (χ3n) is 6.72. The third-order valence-corrected chi connectivity index (χ3v) is 8.91. The van der Waals surface area contributed by atoms with Gasteiger partial charge in [-0.05, 0) is 39.7 Å². The van der Waals surface area contributed by atoms with Crippen LogP contribution in [0, 0.1) is 5.92 Å². The van der Waals surface area contributed by atoms with Crippen LogP contribution in [-0.4, -0.2) is 105 Å². The summed E-state index contributed by atoms with van der Waals surface area (Å²) >= 11 is 0. The second kappa shape index (κ2) is 10.8. The lowest BCUT2D eigenvalue weighted by Crippen LogP contribution is -2.62. The summed E-state index contributed by atoms with van der Waals surface area (Å²) in [6.45, 7) is 9.86. The van der Waals surface area contributed by atoms with E-state index < -0.39 is 32.7 Å². The first-order chi connectivity index (χ1) is 15.2. The fourth-order valence-corrected chi connectivity index (χ4v) is 5.94. The number of hydrogen-bond acceptors (Lipinski definition) is 7. The Morgan fingerprint density at radius 1 is 1.34 bits per heavy atom. The number of piperidine rings is 1. The monoisotopic (exact) mass is 474 g/mol. The molecule has 0 aromatic carbocycles. The molecule has 2 N–H and O–H groups in total. The van der Waals surface area contributed by atoms with Crippen LogP contribution in [0.25, 0.3) is 0 Å². The maximum atomic E-state index is 13.0. The lowest BCUT2D eigenvalue weighted by atomic mass is 9.88. The largest absolute Gasteiger partial charge is 0.378 e. The summed E-state index contributed by atoms with van der Waals surface area (Å²) in [4.78, 5) is 28.1. The maximum Gasteiger partial charge on any atom is 0.254 e. The van der Waals surface area contributed by atoms with E-state index in [9.17, 15) is 18.0 Å². The van der Waals surface area contributed by atoms with Gasteiger partial charge in [-0.3, -0.25) is 9.59 Å². The van der Waals surface area contributed by atoms with E-state index in [0.717, 1.165) is 32.5 Å². The highest BCUT2D eigenvalue weighted by Gasteiger charge is 2.59. The zero-order valence-electron chi connectivity index (χ0n) is 19.5. The number of nitrogens with zero attached hydrogens (tertiary/aromatic N) is 2. The molecule has 1 spiro atoms. The highest BCUT2D eigenvalue weighted by Crippen LogP contribution is 2.35. The Morgan fingerprint density at radius 2 is 2.06 bits per heavy atom. The van der Waals surface area contributed by atoms with Crippen molar-refractivity contribution in [1.82, 2.24) is 19.8 Å². The van der Waals surface area contributed by atoms with Crippen molar-refractivity contribution in [3.63, 3.8) is 0 Å². The van der Waals surface area contributed by atoms with Crippen LogP contribution in [0.1, 0.15) is 40.0 Å². The molecule has 10 nitrogen and oxygen atoms in total. The van der Waals surface area contributed by atoms with E-state index in [0.29, 0.717) is 26.1 Å². The van der Waals surface area contributed by atoms with Crippen LogP contribution >= 0.6 is 0 Å². The molecule has 0 bridgehead atoms. The van der Waals surface area contributed by atoms with Gasteiger partial charge in [0.2, 0.25) is 15.9 Å². The van der Waals surface area contributed by atoms with Gasteiger partial charge in [-0.1, -0.05) is 6.92 Å². The van der Waals surface area contributed by atoms with Gasteiger partial charge in [0.05, 0.1) is 30.4 Å². The van der Waals surface area contributed by atoms with Crippen molar-refractivity contribution in [3.8, 4) is 0 Å². The summed E-state index contributed by atoms with van der Waals surface area (Å²) in [5.74, 6) is -1.68. The molecule has 3 rings (SSSR count). The topological polar surface area (TPSA) is 117 Å². The molecule has 0 aromatic rings. The van der Waals surface area contributed by atoms with Crippen molar-refractivity contribution < 1.29 is 27.5 Å². The first-order valence-corrected chi connectivity index (χ1v) is 13.2. The number of morpholine rings is 1. The molecule has 11 heteroatoms. The molecule has 3 aliphatic rings. The van der Waals surface area contributed by atoms with Crippen LogP contribution in [0.15, 0.2) is 0 Å². The molecular formula is C21H38N4O6S. The smallest absolute Gasteiger partial charge is 0.254 e. The van der Waals surface area contributed by atoms with Crippen LogP contribution < -0.4 is 10.6 Å². The SMILES string of the molecule is CCN1CCC(OCCCNC(=O)[C@H]2CN(S(=O)(=O)C(C)C)C[C@@]23OCCNC3=O)CC1. The summed E-state index contributed by atoms with van der Waals surface area (Å²) in [6, 6.07) is 0. The Bertz CT molecular complexity index is 768. The normalized spacial score (nSPS) is 28.4. The van der Waals surface area contributed by atoms with Gasteiger partial charge in [-0.25, -0.2) is 8.42 Å². The summed E-state index contributed by atoms with van der Waals surface area (Å²) in [5, 5.41) is 4.95. The van der Waals surface area contributed by atoms with E-state index in [1.54, 1.807) is 13.8 Å². The minimum atomic E-state index is -3.62. The molecule has 3 aliphatic heterocycles. The van der Waals surface area contributed by atoms with E-state index in [1.807, 2.05) is 0 Å². The van der Waals surface area contributed by atoms with E-state index >= 15 is 0 Å². The van der Waals surface area contributed by atoms with Gasteiger partial charge in [0.15, 0.2) is 5.60 Å². The summed E-state index contributed by atoms with van der Waals surface area (Å²) < 4.78 is 38.4. The second-order valence-corrected chi connectivity index (χ2v) is 11.6. The van der Waals surface area contributed by atoms with Gasteiger partial charge in [-0.2, -0.15) is 4.31 Å². The van der Waals surface area contributed by atoms with Gasteiger partial charge in [0.25, 0.3) is 5.91 Å². The zero-order chi connectivity index (χ0) is 23.4. The molecule has 2 amide bonds. The molecule has 2 atom stereocenters. The van der Waals surface area contributed by atoms with Gasteiger partial charge in [0.1, 0.15) is 0 Å². The minimum Gasteiger partial charge on any atom is -0.378 e. The molecule has 0 aliphatic carbocycles. The summed E-state index contributed by atoms with van der Waals surface area (Å²) in [6.07, 6.45) is 2.97. The van der Waals surface area contributed by atoms with Gasteiger partial charge in [0, 0.05) is 39.3 Å². The second-order valence-electron chi connectivity index (χ2n) is 9.08. The van der Waals surface area contributed by atoms with Crippen LogP contribution in [0.3, 0.4) is 0 Å². The predicted octanol–water partition coefficient (Wildman–Crippen LogP) is -0.451. The molecular weight excluding hydrogens is 436 g/mol. The third kappa shape index (κ3) is 5.44. The maximum absolute atomic E-state index is 13.0. The molecule has 0 radical (unpaired) electrons. The van der Waals surface area contributed by atoms with Crippen LogP contribution in [0.2, 0.25) is 0 Å². The van der Waals surface area contributed by atoms with Gasteiger partial charge in [-0.15, -0.1) is 0 Å². The molecule has 0 saturated carbocycles. The van der Waals surface area contributed by atoms with Crippen molar-refractivity contribution in [1.29, 1.82) is 0 Å². The molecule has 3 heterocycles. The summed E-state index contributed by atoms with van der Waals surface area (Å²) in [7, 11) is -3.62. The Hall–Kier alpha value is -1.27. The fraction of sp³-hybridized carbons (Fsp3) is 0.905.